The van der Waals surface area contributed by atoms with E-state index < -0.39 is 6.09 Å². The summed E-state index contributed by atoms with van der Waals surface area (Å²) in [7, 11) is 0. The molecular weight excluding hydrogens is 178 g/mol. The number of hydrogen-bond acceptors (Lipinski definition) is 4. The van der Waals surface area contributed by atoms with Gasteiger partial charge in [-0.2, -0.15) is 0 Å². The Balaban J connectivity index is 2.23. The first-order chi connectivity index (χ1) is 5.70. The Morgan fingerprint density at radius 2 is 1.92 bits per heavy atom. The molecule has 0 aliphatic carbocycles. The summed E-state index contributed by atoms with van der Waals surface area (Å²) in [5.74, 6) is 0. The van der Waals surface area contributed by atoms with E-state index >= 15 is 0 Å². The van der Waals surface area contributed by atoms with Crippen molar-refractivity contribution in [1.82, 2.24) is 4.90 Å². The maximum atomic E-state index is 11.1. The van der Waals surface area contributed by atoms with Crippen LogP contribution >= 0.6 is 12.0 Å². The molecule has 0 aromatic carbocycles. The van der Waals surface area contributed by atoms with Crippen LogP contribution in [0.25, 0.3) is 0 Å². The molecule has 1 saturated heterocycles. The predicted molar refractivity (Wildman–Crippen MR) is 45.6 cm³/mol. The molecular formula is C7H11NO3S. The van der Waals surface area contributed by atoms with Crippen molar-refractivity contribution in [3.63, 3.8) is 0 Å². The summed E-state index contributed by atoms with van der Waals surface area (Å²) < 4.78 is 4.64. The Morgan fingerprint density at radius 1 is 1.33 bits per heavy atom. The van der Waals surface area contributed by atoms with Crippen molar-refractivity contribution < 1.29 is 13.8 Å². The van der Waals surface area contributed by atoms with Gasteiger partial charge in [-0.25, -0.2) is 4.79 Å². The number of amides is 1. The molecule has 0 aromatic rings. The maximum absolute atomic E-state index is 11.1. The third-order valence-corrected chi connectivity index (χ3v) is 2.06. The zero-order chi connectivity index (χ0) is 8.97. The van der Waals surface area contributed by atoms with Gasteiger partial charge in [0.1, 0.15) is 12.0 Å². The fourth-order valence-electron chi connectivity index (χ4n) is 1.05. The third-order valence-electron chi connectivity index (χ3n) is 1.59. The SMILES string of the molecule is CC(=O)SOC(=O)N1CCCC1. The highest BCUT2D eigenvalue weighted by atomic mass is 32.2. The lowest BCUT2D eigenvalue weighted by atomic mass is 10.4. The Hall–Kier alpha value is -0.710. The van der Waals surface area contributed by atoms with Crippen LogP contribution in [0.2, 0.25) is 0 Å². The van der Waals surface area contributed by atoms with Crippen LogP contribution in [0.5, 0.6) is 0 Å². The van der Waals surface area contributed by atoms with Gasteiger partial charge in [0.2, 0.25) is 5.12 Å². The minimum Gasteiger partial charge on any atom is -0.367 e. The van der Waals surface area contributed by atoms with E-state index in [4.69, 9.17) is 0 Å². The molecule has 12 heavy (non-hydrogen) atoms. The second-order valence-electron chi connectivity index (χ2n) is 2.62. The van der Waals surface area contributed by atoms with Crippen LogP contribution in [0.15, 0.2) is 0 Å². The molecule has 1 aliphatic heterocycles. The number of rotatable bonds is 0. The van der Waals surface area contributed by atoms with Gasteiger partial charge in [0.05, 0.1) is 0 Å². The summed E-state index contributed by atoms with van der Waals surface area (Å²) in [6, 6.07) is 0. The second kappa shape index (κ2) is 4.35. The summed E-state index contributed by atoms with van der Waals surface area (Å²) in [5, 5.41) is -0.206. The van der Waals surface area contributed by atoms with Gasteiger partial charge in [-0.05, 0) is 12.8 Å². The molecule has 1 heterocycles. The monoisotopic (exact) mass is 189 g/mol. The largest absolute Gasteiger partial charge is 0.422 e. The normalized spacial score (nSPS) is 16.2. The molecule has 0 spiro atoms. The molecule has 0 atom stereocenters. The first-order valence-electron chi connectivity index (χ1n) is 3.84. The van der Waals surface area contributed by atoms with Gasteiger partial charge < -0.3 is 9.08 Å². The minimum absolute atomic E-state index is 0.206. The van der Waals surface area contributed by atoms with Crippen molar-refractivity contribution in [1.29, 1.82) is 0 Å². The molecule has 1 rings (SSSR count). The number of nitrogens with zero attached hydrogens (tertiary/aromatic N) is 1. The van der Waals surface area contributed by atoms with E-state index in [1.165, 1.54) is 6.92 Å². The number of hydrogen-bond donors (Lipinski definition) is 0. The smallest absolute Gasteiger partial charge is 0.367 e. The summed E-state index contributed by atoms with van der Waals surface area (Å²) in [4.78, 5) is 23.1. The standard InChI is InChI=1S/C7H11NO3S/c1-6(9)12-11-7(10)8-4-2-3-5-8/h2-5H2,1H3. The molecule has 1 fully saturated rings. The average molecular weight is 189 g/mol. The lowest BCUT2D eigenvalue weighted by Gasteiger charge is -2.12. The Morgan fingerprint density at radius 3 is 2.42 bits per heavy atom. The van der Waals surface area contributed by atoms with Gasteiger partial charge in [0, 0.05) is 20.0 Å². The summed E-state index contributed by atoms with van der Waals surface area (Å²) in [5.41, 5.74) is 0. The van der Waals surface area contributed by atoms with Gasteiger partial charge in [0.25, 0.3) is 0 Å². The Labute approximate surface area is 75.5 Å². The number of carbonyl (C=O) groups is 2. The van der Waals surface area contributed by atoms with Crippen LogP contribution in [0.1, 0.15) is 19.8 Å². The van der Waals surface area contributed by atoms with E-state index in [-0.39, 0.29) is 5.12 Å². The molecule has 5 heteroatoms. The molecule has 0 radical (unpaired) electrons. The topological polar surface area (TPSA) is 46.6 Å². The van der Waals surface area contributed by atoms with Gasteiger partial charge in [0.15, 0.2) is 0 Å². The lowest BCUT2D eigenvalue weighted by molar-refractivity contribution is -0.109. The highest BCUT2D eigenvalue weighted by molar-refractivity contribution is 8.09. The Bertz CT molecular complexity index is 189. The predicted octanol–water partition coefficient (Wildman–Crippen LogP) is 1.41. The van der Waals surface area contributed by atoms with E-state index in [9.17, 15) is 9.59 Å². The van der Waals surface area contributed by atoms with E-state index in [0.29, 0.717) is 12.0 Å². The summed E-state index contributed by atoms with van der Waals surface area (Å²) in [6.07, 6.45) is 1.66. The van der Waals surface area contributed by atoms with Gasteiger partial charge >= 0.3 is 6.09 Å². The van der Waals surface area contributed by atoms with Crippen molar-refractivity contribution in [2.45, 2.75) is 19.8 Å². The average Bonchev–Trinajstić information content (AvgIpc) is 2.51. The molecule has 0 N–H and O–H groups in total. The van der Waals surface area contributed by atoms with Crippen LogP contribution in [0, 0.1) is 0 Å². The van der Waals surface area contributed by atoms with Crippen LogP contribution in [-0.2, 0) is 8.98 Å². The zero-order valence-corrected chi connectivity index (χ0v) is 7.73. The van der Waals surface area contributed by atoms with Crippen molar-refractivity contribution >= 4 is 23.3 Å². The molecule has 68 valence electrons. The minimum atomic E-state index is -0.396. The van der Waals surface area contributed by atoms with Gasteiger partial charge in [-0.1, -0.05) is 0 Å². The fourth-order valence-corrected chi connectivity index (χ4v) is 1.34. The summed E-state index contributed by atoms with van der Waals surface area (Å²) in [6.45, 7) is 2.86. The van der Waals surface area contributed by atoms with Crippen molar-refractivity contribution in [3.8, 4) is 0 Å². The molecule has 0 aromatic heterocycles. The van der Waals surface area contributed by atoms with E-state index in [2.05, 4.69) is 4.18 Å². The van der Waals surface area contributed by atoms with Gasteiger partial charge in [-0.15, -0.1) is 0 Å². The summed E-state index contributed by atoms with van der Waals surface area (Å²) >= 11 is 0.596. The fraction of sp³-hybridized carbons (Fsp3) is 0.714. The van der Waals surface area contributed by atoms with Gasteiger partial charge in [-0.3, -0.25) is 4.79 Å². The first kappa shape index (κ1) is 9.38. The second-order valence-corrected chi connectivity index (χ2v) is 3.53. The van der Waals surface area contributed by atoms with Crippen LogP contribution in [-0.4, -0.2) is 29.2 Å². The number of likely N-dealkylation sites (tertiary alicyclic amines) is 1. The van der Waals surface area contributed by atoms with E-state index in [1.807, 2.05) is 0 Å². The lowest BCUT2D eigenvalue weighted by Crippen LogP contribution is -2.26. The quantitative estimate of drug-likeness (QED) is 0.540. The van der Waals surface area contributed by atoms with Crippen LogP contribution in [0.4, 0.5) is 4.79 Å². The van der Waals surface area contributed by atoms with Crippen molar-refractivity contribution in [2.24, 2.45) is 0 Å². The maximum Gasteiger partial charge on any atom is 0.422 e. The van der Waals surface area contributed by atoms with E-state index in [0.717, 1.165) is 25.9 Å². The van der Waals surface area contributed by atoms with Crippen molar-refractivity contribution in [2.75, 3.05) is 13.1 Å². The van der Waals surface area contributed by atoms with Crippen molar-refractivity contribution in [3.05, 3.63) is 0 Å². The molecule has 0 bridgehead atoms. The Kier molecular flexibility index (Phi) is 3.40. The molecule has 0 unspecified atom stereocenters. The van der Waals surface area contributed by atoms with Crippen LogP contribution < -0.4 is 0 Å². The molecule has 0 saturated carbocycles. The van der Waals surface area contributed by atoms with E-state index in [1.54, 1.807) is 4.90 Å². The highest BCUT2D eigenvalue weighted by Gasteiger charge is 2.19. The molecule has 1 aliphatic rings. The van der Waals surface area contributed by atoms with Crippen LogP contribution in [0.3, 0.4) is 0 Å². The molecule has 1 amide bonds. The zero-order valence-electron chi connectivity index (χ0n) is 6.91. The third kappa shape index (κ3) is 2.73. The number of carbonyl (C=O) groups excluding carboxylic acids is 2. The highest BCUT2D eigenvalue weighted by Crippen LogP contribution is 2.12. The molecule has 4 nitrogen and oxygen atoms in total. The first-order valence-corrected chi connectivity index (χ1v) is 4.58.